The number of anilines is 2. The maximum atomic E-state index is 12.2. The third kappa shape index (κ3) is 6.54. The largest absolute Gasteiger partial charge is 0.490 e. The molecule has 162 valence electrons. The average Bonchev–Trinajstić information content (AvgIpc) is 2.75. The SMILES string of the molecule is CCOc1cc(CNc2cc(Cl)ccc2C)ccc1OCC(=O)Nc1ccccc1Cl. The summed E-state index contributed by atoms with van der Waals surface area (Å²) < 4.78 is 11.4. The van der Waals surface area contributed by atoms with Crippen molar-refractivity contribution in [2.45, 2.75) is 20.4 Å². The van der Waals surface area contributed by atoms with Crippen LogP contribution in [0.1, 0.15) is 18.1 Å². The number of benzene rings is 3. The first-order valence-electron chi connectivity index (χ1n) is 9.89. The minimum Gasteiger partial charge on any atom is -0.490 e. The molecule has 0 aromatic heterocycles. The third-order valence-electron chi connectivity index (χ3n) is 4.50. The first kappa shape index (κ1) is 22.8. The fourth-order valence-electron chi connectivity index (χ4n) is 2.92. The lowest BCUT2D eigenvalue weighted by Crippen LogP contribution is -2.20. The standard InChI is InChI=1S/C24H24Cl2N2O3/c1-3-30-23-12-17(14-27-21-13-18(25)10-8-16(21)2)9-11-22(23)31-15-24(29)28-20-7-5-4-6-19(20)26/h4-13,27H,3,14-15H2,1-2H3,(H,28,29). The molecular formula is C24H24Cl2N2O3. The zero-order valence-electron chi connectivity index (χ0n) is 17.4. The number of hydrogen-bond donors (Lipinski definition) is 2. The number of nitrogens with one attached hydrogen (secondary N) is 2. The Hall–Kier alpha value is -2.89. The van der Waals surface area contributed by atoms with Crippen LogP contribution in [0.4, 0.5) is 11.4 Å². The second-order valence-electron chi connectivity index (χ2n) is 6.84. The summed E-state index contributed by atoms with van der Waals surface area (Å²) >= 11 is 12.2. The molecule has 7 heteroatoms. The monoisotopic (exact) mass is 458 g/mol. The normalized spacial score (nSPS) is 10.5. The minimum atomic E-state index is -0.308. The molecule has 3 rings (SSSR count). The molecule has 0 radical (unpaired) electrons. The van der Waals surface area contributed by atoms with Crippen LogP contribution in [0.25, 0.3) is 0 Å². The number of carbonyl (C=O) groups excluding carboxylic acids is 1. The van der Waals surface area contributed by atoms with Crippen molar-refractivity contribution in [3.8, 4) is 11.5 Å². The van der Waals surface area contributed by atoms with E-state index in [1.54, 1.807) is 30.3 Å². The number of para-hydroxylation sites is 1. The van der Waals surface area contributed by atoms with Gasteiger partial charge in [-0.1, -0.05) is 47.5 Å². The summed E-state index contributed by atoms with van der Waals surface area (Å²) in [5.41, 5.74) is 3.64. The van der Waals surface area contributed by atoms with Gasteiger partial charge in [0, 0.05) is 17.3 Å². The van der Waals surface area contributed by atoms with Crippen molar-refractivity contribution in [2.24, 2.45) is 0 Å². The fourth-order valence-corrected chi connectivity index (χ4v) is 3.28. The summed E-state index contributed by atoms with van der Waals surface area (Å²) in [7, 11) is 0. The van der Waals surface area contributed by atoms with Gasteiger partial charge >= 0.3 is 0 Å². The van der Waals surface area contributed by atoms with E-state index >= 15 is 0 Å². The molecule has 0 aliphatic heterocycles. The lowest BCUT2D eigenvalue weighted by molar-refractivity contribution is -0.118. The summed E-state index contributed by atoms with van der Waals surface area (Å²) in [4.78, 5) is 12.2. The topological polar surface area (TPSA) is 59.6 Å². The van der Waals surface area contributed by atoms with Gasteiger partial charge in [-0.05, 0) is 61.4 Å². The van der Waals surface area contributed by atoms with Crippen LogP contribution in [0, 0.1) is 6.92 Å². The molecule has 0 aliphatic carbocycles. The summed E-state index contributed by atoms with van der Waals surface area (Å²) in [6.07, 6.45) is 0. The molecule has 3 aromatic carbocycles. The highest BCUT2D eigenvalue weighted by atomic mass is 35.5. The van der Waals surface area contributed by atoms with Gasteiger partial charge in [0.25, 0.3) is 5.91 Å². The highest BCUT2D eigenvalue weighted by molar-refractivity contribution is 6.33. The van der Waals surface area contributed by atoms with Crippen LogP contribution in [0.5, 0.6) is 11.5 Å². The molecule has 5 nitrogen and oxygen atoms in total. The molecule has 0 fully saturated rings. The van der Waals surface area contributed by atoms with Crippen LogP contribution in [0.15, 0.2) is 60.7 Å². The molecule has 0 saturated carbocycles. The highest BCUT2D eigenvalue weighted by Gasteiger charge is 2.11. The quantitative estimate of drug-likeness (QED) is 0.393. The van der Waals surface area contributed by atoms with Crippen molar-refractivity contribution in [3.05, 3.63) is 81.8 Å². The molecule has 0 unspecified atom stereocenters. The zero-order valence-corrected chi connectivity index (χ0v) is 18.9. The number of amides is 1. The van der Waals surface area contributed by atoms with Gasteiger partial charge in [-0.3, -0.25) is 4.79 Å². The van der Waals surface area contributed by atoms with Crippen LogP contribution in [-0.2, 0) is 11.3 Å². The number of rotatable bonds is 9. The second kappa shape index (κ2) is 10.9. The Kier molecular flexibility index (Phi) is 8.04. The van der Waals surface area contributed by atoms with Gasteiger partial charge < -0.3 is 20.1 Å². The van der Waals surface area contributed by atoms with Crippen LogP contribution < -0.4 is 20.1 Å². The van der Waals surface area contributed by atoms with Crippen LogP contribution in [0.3, 0.4) is 0 Å². The first-order valence-corrected chi connectivity index (χ1v) is 10.6. The van der Waals surface area contributed by atoms with E-state index in [1.165, 1.54) is 0 Å². The van der Waals surface area contributed by atoms with Crippen molar-refractivity contribution < 1.29 is 14.3 Å². The van der Waals surface area contributed by atoms with Crippen molar-refractivity contribution in [1.82, 2.24) is 0 Å². The van der Waals surface area contributed by atoms with E-state index in [0.717, 1.165) is 16.8 Å². The Morgan fingerprint density at radius 1 is 0.935 bits per heavy atom. The molecule has 0 saturated heterocycles. The maximum Gasteiger partial charge on any atom is 0.262 e. The van der Waals surface area contributed by atoms with E-state index < -0.39 is 0 Å². The molecule has 2 N–H and O–H groups in total. The predicted octanol–water partition coefficient (Wildman–Crippen LogP) is 6.33. The van der Waals surface area contributed by atoms with Gasteiger partial charge in [0.2, 0.25) is 0 Å². The van der Waals surface area contributed by atoms with Crippen molar-refractivity contribution in [2.75, 3.05) is 23.8 Å². The molecule has 0 spiro atoms. The van der Waals surface area contributed by atoms with Gasteiger partial charge in [-0.25, -0.2) is 0 Å². The van der Waals surface area contributed by atoms with Gasteiger partial charge in [0.1, 0.15) is 0 Å². The Labute approximate surface area is 192 Å². The molecule has 31 heavy (non-hydrogen) atoms. The maximum absolute atomic E-state index is 12.2. The van der Waals surface area contributed by atoms with E-state index in [-0.39, 0.29) is 12.5 Å². The van der Waals surface area contributed by atoms with Gasteiger partial charge in [0.15, 0.2) is 18.1 Å². The minimum absolute atomic E-state index is 0.162. The Bertz CT molecular complexity index is 1060. The van der Waals surface area contributed by atoms with Gasteiger partial charge in [-0.15, -0.1) is 0 Å². The molecular weight excluding hydrogens is 435 g/mol. The van der Waals surface area contributed by atoms with Gasteiger partial charge in [-0.2, -0.15) is 0 Å². The summed E-state index contributed by atoms with van der Waals surface area (Å²) in [6, 6.07) is 18.4. The van der Waals surface area contributed by atoms with Crippen molar-refractivity contribution >= 4 is 40.5 Å². The molecule has 0 aliphatic rings. The fraction of sp³-hybridized carbons (Fsp3) is 0.208. The van der Waals surface area contributed by atoms with E-state index in [9.17, 15) is 4.79 Å². The number of ether oxygens (including phenoxy) is 2. The molecule has 0 bridgehead atoms. The highest BCUT2D eigenvalue weighted by Crippen LogP contribution is 2.29. The second-order valence-corrected chi connectivity index (χ2v) is 7.69. The smallest absolute Gasteiger partial charge is 0.262 e. The van der Waals surface area contributed by atoms with E-state index in [0.29, 0.717) is 40.4 Å². The predicted molar refractivity (Wildman–Crippen MR) is 127 cm³/mol. The Morgan fingerprint density at radius 2 is 1.74 bits per heavy atom. The zero-order chi connectivity index (χ0) is 22.2. The van der Waals surface area contributed by atoms with Gasteiger partial charge in [0.05, 0.1) is 17.3 Å². The van der Waals surface area contributed by atoms with E-state index in [4.69, 9.17) is 32.7 Å². The average molecular weight is 459 g/mol. The Morgan fingerprint density at radius 3 is 2.52 bits per heavy atom. The Balaban J connectivity index is 1.63. The number of hydrogen-bond acceptors (Lipinski definition) is 4. The van der Waals surface area contributed by atoms with Crippen molar-refractivity contribution in [1.29, 1.82) is 0 Å². The van der Waals surface area contributed by atoms with Crippen LogP contribution in [-0.4, -0.2) is 19.1 Å². The van der Waals surface area contributed by atoms with Crippen LogP contribution in [0.2, 0.25) is 10.0 Å². The molecule has 0 atom stereocenters. The molecule has 1 amide bonds. The summed E-state index contributed by atoms with van der Waals surface area (Å²) in [5.74, 6) is 0.770. The van der Waals surface area contributed by atoms with Crippen LogP contribution >= 0.6 is 23.2 Å². The number of aryl methyl sites for hydroxylation is 1. The molecule has 0 heterocycles. The lowest BCUT2D eigenvalue weighted by Gasteiger charge is -2.15. The first-order chi connectivity index (χ1) is 15.0. The third-order valence-corrected chi connectivity index (χ3v) is 5.06. The van der Waals surface area contributed by atoms with E-state index in [2.05, 4.69) is 10.6 Å². The summed E-state index contributed by atoms with van der Waals surface area (Å²) in [5, 5.41) is 7.27. The lowest BCUT2D eigenvalue weighted by atomic mass is 10.1. The summed E-state index contributed by atoms with van der Waals surface area (Å²) in [6.45, 7) is 4.83. The number of carbonyl (C=O) groups is 1. The molecule has 3 aromatic rings. The van der Waals surface area contributed by atoms with E-state index in [1.807, 2.05) is 44.2 Å². The number of halogens is 2. The van der Waals surface area contributed by atoms with Crippen molar-refractivity contribution in [3.63, 3.8) is 0 Å².